The van der Waals surface area contributed by atoms with Crippen molar-refractivity contribution in [3.8, 4) is 0 Å². The van der Waals surface area contributed by atoms with Crippen LogP contribution in [0, 0.1) is 0 Å². The number of esters is 1. The lowest BCUT2D eigenvalue weighted by Crippen LogP contribution is -2.59. The van der Waals surface area contributed by atoms with Gasteiger partial charge in [0.2, 0.25) is 0 Å². The Morgan fingerprint density at radius 2 is 0.984 bits per heavy atom. The van der Waals surface area contributed by atoms with Crippen LogP contribution >= 0.6 is 0 Å². The van der Waals surface area contributed by atoms with Gasteiger partial charge in [0.15, 0.2) is 6.29 Å². The van der Waals surface area contributed by atoms with Gasteiger partial charge in [0, 0.05) is 13.0 Å². The van der Waals surface area contributed by atoms with Crippen molar-refractivity contribution in [2.45, 2.75) is 230 Å². The fourth-order valence-corrected chi connectivity index (χ4v) is 7.26. The molecular formula is C53H92O9. The normalized spacial score (nSPS) is 20.4. The van der Waals surface area contributed by atoms with Gasteiger partial charge in [-0.2, -0.15) is 0 Å². The van der Waals surface area contributed by atoms with Crippen molar-refractivity contribution in [2.75, 3.05) is 26.4 Å². The van der Waals surface area contributed by atoms with Gasteiger partial charge in [0.1, 0.15) is 30.5 Å². The molecule has 358 valence electrons. The Bertz CT molecular complexity index is 1180. The smallest absolute Gasteiger partial charge is 0.306 e. The Kier molecular flexibility index (Phi) is 40.8. The Labute approximate surface area is 378 Å². The summed E-state index contributed by atoms with van der Waals surface area (Å²) in [5, 5.41) is 40.2. The van der Waals surface area contributed by atoms with Crippen molar-refractivity contribution in [2.24, 2.45) is 0 Å². The maximum atomic E-state index is 12.8. The van der Waals surface area contributed by atoms with Crippen molar-refractivity contribution < 1.29 is 44.2 Å². The molecular weight excluding hydrogens is 781 g/mol. The van der Waals surface area contributed by atoms with Crippen LogP contribution in [0.5, 0.6) is 0 Å². The topological polar surface area (TPSA) is 135 Å². The maximum Gasteiger partial charge on any atom is 0.306 e. The molecule has 0 radical (unpaired) electrons. The number of aliphatic hydroxyl groups excluding tert-OH is 4. The Hall–Kier alpha value is -2.37. The summed E-state index contributed by atoms with van der Waals surface area (Å²) in [6, 6.07) is 0. The number of carbonyl (C=O) groups is 1. The molecule has 1 fully saturated rings. The molecule has 4 N–H and O–H groups in total. The first kappa shape index (κ1) is 57.6. The van der Waals surface area contributed by atoms with Crippen LogP contribution in [0.3, 0.4) is 0 Å². The fourth-order valence-electron chi connectivity index (χ4n) is 7.26. The summed E-state index contributed by atoms with van der Waals surface area (Å²) in [6.45, 7) is 4.42. The summed E-state index contributed by atoms with van der Waals surface area (Å²) in [5.41, 5.74) is 0. The van der Waals surface area contributed by atoms with Gasteiger partial charge in [-0.3, -0.25) is 4.79 Å². The largest absolute Gasteiger partial charge is 0.457 e. The molecule has 0 amide bonds. The first-order valence-corrected chi connectivity index (χ1v) is 25.0. The van der Waals surface area contributed by atoms with E-state index in [9.17, 15) is 25.2 Å². The minimum atomic E-state index is -1.54. The van der Waals surface area contributed by atoms with E-state index in [4.69, 9.17) is 18.9 Å². The highest BCUT2D eigenvalue weighted by Crippen LogP contribution is 2.23. The number of unbranched alkanes of at least 4 members (excludes halogenated alkanes) is 19. The minimum absolute atomic E-state index is 0.119. The predicted molar refractivity (Wildman–Crippen MR) is 256 cm³/mol. The molecule has 0 bridgehead atoms. The highest BCUT2D eigenvalue weighted by molar-refractivity contribution is 5.69. The Morgan fingerprint density at radius 3 is 1.48 bits per heavy atom. The van der Waals surface area contributed by atoms with E-state index in [1.165, 1.54) is 89.9 Å². The van der Waals surface area contributed by atoms with Crippen molar-refractivity contribution in [1.82, 2.24) is 0 Å². The van der Waals surface area contributed by atoms with Gasteiger partial charge in [-0.05, 0) is 64.2 Å². The van der Waals surface area contributed by atoms with Gasteiger partial charge in [-0.1, -0.05) is 196 Å². The molecule has 6 unspecified atom stereocenters. The van der Waals surface area contributed by atoms with Crippen molar-refractivity contribution >= 4 is 5.97 Å². The molecule has 0 aromatic carbocycles. The van der Waals surface area contributed by atoms with E-state index in [2.05, 4.69) is 86.8 Å². The number of aliphatic hydroxyl groups is 4. The summed E-state index contributed by atoms with van der Waals surface area (Å²) in [4.78, 5) is 12.8. The van der Waals surface area contributed by atoms with E-state index in [-0.39, 0.29) is 19.2 Å². The molecule has 1 heterocycles. The SMILES string of the molecule is CC/C=C\C/C=C\C/C=C\C/C=C\C/C=C\C/C=C\CCCCCCCCCOCC(COC1OC(CO)C(O)C(O)C1O)OC(=O)CCCCCCCCCCCCCCC. The van der Waals surface area contributed by atoms with Crippen LogP contribution in [-0.2, 0) is 23.7 Å². The third-order valence-electron chi connectivity index (χ3n) is 11.1. The van der Waals surface area contributed by atoms with Crippen LogP contribution in [0.1, 0.15) is 194 Å². The molecule has 0 aromatic rings. The first-order chi connectivity index (χ1) is 30.4. The average molecular weight is 873 g/mol. The monoisotopic (exact) mass is 873 g/mol. The lowest BCUT2D eigenvalue weighted by molar-refractivity contribution is -0.305. The van der Waals surface area contributed by atoms with Crippen molar-refractivity contribution in [3.63, 3.8) is 0 Å². The molecule has 0 spiro atoms. The number of hydrogen-bond acceptors (Lipinski definition) is 9. The van der Waals surface area contributed by atoms with E-state index in [1.807, 2.05) is 0 Å². The van der Waals surface area contributed by atoms with E-state index in [0.29, 0.717) is 13.0 Å². The van der Waals surface area contributed by atoms with Crippen molar-refractivity contribution in [3.05, 3.63) is 72.9 Å². The molecule has 1 rings (SSSR count). The average Bonchev–Trinajstić information content (AvgIpc) is 3.27. The molecule has 1 aliphatic heterocycles. The van der Waals surface area contributed by atoms with Crippen LogP contribution in [0.4, 0.5) is 0 Å². The third-order valence-corrected chi connectivity index (χ3v) is 11.1. The highest BCUT2D eigenvalue weighted by Gasteiger charge is 2.44. The van der Waals surface area contributed by atoms with E-state index < -0.39 is 43.4 Å². The molecule has 1 aliphatic rings. The molecule has 62 heavy (non-hydrogen) atoms. The number of rotatable bonds is 42. The van der Waals surface area contributed by atoms with E-state index in [0.717, 1.165) is 83.5 Å². The molecule has 0 aliphatic carbocycles. The third kappa shape index (κ3) is 34.1. The quantitative estimate of drug-likeness (QED) is 0.0269. The molecule has 1 saturated heterocycles. The second kappa shape index (κ2) is 43.9. The van der Waals surface area contributed by atoms with Crippen LogP contribution in [0.2, 0.25) is 0 Å². The van der Waals surface area contributed by atoms with Gasteiger partial charge in [-0.25, -0.2) is 0 Å². The maximum absolute atomic E-state index is 12.8. The lowest BCUT2D eigenvalue weighted by Gasteiger charge is -2.39. The van der Waals surface area contributed by atoms with Gasteiger partial charge in [-0.15, -0.1) is 0 Å². The molecule has 0 saturated carbocycles. The Balaban J connectivity index is 2.20. The predicted octanol–water partition coefficient (Wildman–Crippen LogP) is 12.0. The van der Waals surface area contributed by atoms with Gasteiger partial charge in [0.05, 0.1) is 19.8 Å². The van der Waals surface area contributed by atoms with Crippen molar-refractivity contribution in [1.29, 1.82) is 0 Å². The van der Waals surface area contributed by atoms with Gasteiger partial charge >= 0.3 is 5.97 Å². The summed E-state index contributed by atoms with van der Waals surface area (Å²) in [6.07, 6.45) is 50.7. The molecule has 0 aromatic heterocycles. The second-order valence-electron chi connectivity index (χ2n) is 16.9. The van der Waals surface area contributed by atoms with E-state index in [1.54, 1.807) is 0 Å². The van der Waals surface area contributed by atoms with Gasteiger partial charge in [0.25, 0.3) is 0 Å². The number of ether oxygens (including phenoxy) is 4. The second-order valence-corrected chi connectivity index (χ2v) is 16.9. The summed E-state index contributed by atoms with van der Waals surface area (Å²) < 4.78 is 22.9. The standard InChI is InChI=1S/C53H92O9/c1-3-5-7-9-11-13-15-17-18-19-20-21-22-23-24-25-26-27-28-29-31-33-35-37-39-41-43-59-45-47(46-60-53-52(58)51(57)50(56)48(44-54)62-53)61-49(55)42-40-38-36-34-32-30-16-14-12-10-8-6-4-2/h5,7,11,13,17-18,20-21,23-24,26-27,47-48,50-54,56-58H,3-4,6,8-10,12,14-16,19,22,25,28-46H2,1-2H3/b7-5-,13-11-,18-17-,21-20-,24-23-,27-26-. The fraction of sp³-hybridized carbons (Fsp3) is 0.755. The first-order valence-electron chi connectivity index (χ1n) is 25.0. The molecule has 9 nitrogen and oxygen atoms in total. The zero-order valence-electron chi connectivity index (χ0n) is 39.3. The van der Waals surface area contributed by atoms with Crippen LogP contribution in [0.25, 0.3) is 0 Å². The summed E-state index contributed by atoms with van der Waals surface area (Å²) in [5.74, 6) is -0.320. The summed E-state index contributed by atoms with van der Waals surface area (Å²) in [7, 11) is 0. The zero-order valence-corrected chi connectivity index (χ0v) is 39.3. The molecule has 6 atom stereocenters. The van der Waals surface area contributed by atoms with Crippen LogP contribution in [0.15, 0.2) is 72.9 Å². The molecule has 9 heteroatoms. The highest BCUT2D eigenvalue weighted by atomic mass is 16.7. The lowest BCUT2D eigenvalue weighted by atomic mass is 9.99. The number of carbonyl (C=O) groups excluding carboxylic acids is 1. The minimum Gasteiger partial charge on any atom is -0.457 e. The zero-order chi connectivity index (χ0) is 45.0. The van der Waals surface area contributed by atoms with Gasteiger partial charge < -0.3 is 39.4 Å². The number of allylic oxidation sites excluding steroid dienone is 12. The number of hydrogen-bond donors (Lipinski definition) is 4. The van der Waals surface area contributed by atoms with Crippen LogP contribution < -0.4 is 0 Å². The van der Waals surface area contributed by atoms with E-state index >= 15 is 0 Å². The van der Waals surface area contributed by atoms with Crippen LogP contribution in [-0.4, -0.2) is 89.6 Å². The Morgan fingerprint density at radius 1 is 0.532 bits per heavy atom. The summed E-state index contributed by atoms with van der Waals surface area (Å²) >= 11 is 0.